The molecule has 0 radical (unpaired) electrons. The van der Waals surface area contributed by atoms with Gasteiger partial charge in [-0.2, -0.15) is 0 Å². The number of aromatic nitrogens is 3. The zero-order chi connectivity index (χ0) is 13.1. The molecular formula is C12H17N5O. The van der Waals surface area contributed by atoms with E-state index in [4.69, 9.17) is 16.3 Å². The van der Waals surface area contributed by atoms with Crippen LogP contribution < -0.4 is 16.3 Å². The molecule has 0 spiro atoms. The fourth-order valence-electron chi connectivity index (χ4n) is 1.75. The smallest absolute Gasteiger partial charge is 0.212 e. The summed E-state index contributed by atoms with van der Waals surface area (Å²) in [6, 6.07) is 3.63. The van der Waals surface area contributed by atoms with Crippen LogP contribution in [0.4, 0.5) is 5.82 Å². The fourth-order valence-corrected chi connectivity index (χ4v) is 1.75. The number of anilines is 1. The molecule has 0 aliphatic heterocycles. The Kier molecular flexibility index (Phi) is 3.36. The maximum atomic E-state index is 5.95. The van der Waals surface area contributed by atoms with Gasteiger partial charge in [-0.25, -0.2) is 14.6 Å². The molecule has 6 nitrogen and oxygen atoms in total. The molecule has 4 N–H and O–H groups in total. The molecule has 0 atom stereocenters. The van der Waals surface area contributed by atoms with Crippen LogP contribution in [0.2, 0.25) is 0 Å². The van der Waals surface area contributed by atoms with Gasteiger partial charge in [0.05, 0.1) is 7.11 Å². The highest BCUT2D eigenvalue weighted by molar-refractivity contribution is 5.70. The van der Waals surface area contributed by atoms with Gasteiger partial charge in [-0.1, -0.05) is 6.92 Å². The number of hydrogen-bond acceptors (Lipinski definition) is 5. The van der Waals surface area contributed by atoms with E-state index in [9.17, 15) is 0 Å². The highest BCUT2D eigenvalue weighted by Gasteiger charge is 2.14. The highest BCUT2D eigenvalue weighted by atomic mass is 16.5. The average Bonchev–Trinajstić information content (AvgIpc) is 2.68. The summed E-state index contributed by atoms with van der Waals surface area (Å²) in [6.07, 6.45) is 3.44. The van der Waals surface area contributed by atoms with Crippen molar-refractivity contribution >= 4 is 5.82 Å². The van der Waals surface area contributed by atoms with E-state index < -0.39 is 0 Å². The Morgan fingerprint density at radius 1 is 1.39 bits per heavy atom. The normalized spacial score (nSPS) is 10.6. The predicted molar refractivity (Wildman–Crippen MR) is 70.6 cm³/mol. The number of pyridine rings is 1. The highest BCUT2D eigenvalue weighted by Crippen LogP contribution is 2.25. The molecule has 2 aromatic rings. The standard InChI is InChI=1S/C12H17N5O/c1-3-4-9-16-11(12(13)17(9)14)8-5-6-10(18-2)15-7-8/h5-7H,3-4,13-14H2,1-2H3. The van der Waals surface area contributed by atoms with Crippen LogP contribution in [-0.2, 0) is 6.42 Å². The average molecular weight is 247 g/mol. The molecule has 6 heteroatoms. The number of nitrogens with zero attached hydrogens (tertiary/aromatic N) is 3. The lowest BCUT2D eigenvalue weighted by molar-refractivity contribution is 0.398. The number of nitrogen functional groups attached to an aromatic ring is 2. The Hall–Kier alpha value is -2.24. The topological polar surface area (TPSA) is 92.0 Å². The van der Waals surface area contributed by atoms with Crippen molar-refractivity contribution in [2.75, 3.05) is 18.7 Å². The maximum absolute atomic E-state index is 5.95. The van der Waals surface area contributed by atoms with Gasteiger partial charge in [-0.3, -0.25) is 0 Å². The molecule has 0 aliphatic rings. The summed E-state index contributed by atoms with van der Waals surface area (Å²) in [5, 5.41) is 0. The first-order valence-electron chi connectivity index (χ1n) is 5.80. The summed E-state index contributed by atoms with van der Waals surface area (Å²) < 4.78 is 6.44. The summed E-state index contributed by atoms with van der Waals surface area (Å²) >= 11 is 0. The molecule has 18 heavy (non-hydrogen) atoms. The zero-order valence-corrected chi connectivity index (χ0v) is 10.6. The SMILES string of the molecule is CCCc1nc(-c2ccc(OC)nc2)c(N)n1N. The molecule has 0 aliphatic carbocycles. The van der Waals surface area contributed by atoms with Crippen LogP contribution in [0.15, 0.2) is 18.3 Å². The summed E-state index contributed by atoms with van der Waals surface area (Å²) in [5.74, 6) is 7.65. The van der Waals surface area contributed by atoms with Crippen molar-refractivity contribution in [2.24, 2.45) is 0 Å². The maximum Gasteiger partial charge on any atom is 0.212 e. The lowest BCUT2D eigenvalue weighted by atomic mass is 10.2. The third-order valence-corrected chi connectivity index (χ3v) is 2.71. The molecule has 0 aromatic carbocycles. The van der Waals surface area contributed by atoms with Gasteiger partial charge in [0.15, 0.2) is 5.82 Å². The molecule has 2 rings (SSSR count). The first-order chi connectivity index (χ1) is 8.67. The predicted octanol–water partition coefficient (Wildman–Crippen LogP) is 1.20. The minimum atomic E-state index is 0.449. The van der Waals surface area contributed by atoms with E-state index in [-0.39, 0.29) is 0 Å². The largest absolute Gasteiger partial charge is 0.481 e. The van der Waals surface area contributed by atoms with Crippen molar-refractivity contribution in [3.05, 3.63) is 24.2 Å². The lowest BCUT2D eigenvalue weighted by Gasteiger charge is -2.02. The number of rotatable bonds is 4. The van der Waals surface area contributed by atoms with Gasteiger partial charge < -0.3 is 16.3 Å². The molecule has 0 bridgehead atoms. The molecule has 2 heterocycles. The Labute approximate surface area is 106 Å². The molecule has 0 unspecified atom stereocenters. The van der Waals surface area contributed by atoms with Crippen LogP contribution in [0.25, 0.3) is 11.3 Å². The Morgan fingerprint density at radius 3 is 2.72 bits per heavy atom. The third-order valence-electron chi connectivity index (χ3n) is 2.71. The minimum Gasteiger partial charge on any atom is -0.481 e. The number of nitrogens with two attached hydrogens (primary N) is 2. The van der Waals surface area contributed by atoms with Gasteiger partial charge in [-0.15, -0.1) is 0 Å². The van der Waals surface area contributed by atoms with Gasteiger partial charge in [0, 0.05) is 24.2 Å². The van der Waals surface area contributed by atoms with Crippen LogP contribution in [0.5, 0.6) is 5.88 Å². The molecule has 0 saturated carbocycles. The van der Waals surface area contributed by atoms with E-state index in [1.807, 2.05) is 6.07 Å². The van der Waals surface area contributed by atoms with E-state index in [2.05, 4.69) is 16.9 Å². The van der Waals surface area contributed by atoms with Gasteiger partial charge in [0.1, 0.15) is 11.5 Å². The van der Waals surface area contributed by atoms with Crippen molar-refractivity contribution in [3.8, 4) is 17.1 Å². The van der Waals surface area contributed by atoms with Crippen molar-refractivity contribution in [3.63, 3.8) is 0 Å². The van der Waals surface area contributed by atoms with Gasteiger partial charge >= 0.3 is 0 Å². The Morgan fingerprint density at radius 2 is 2.17 bits per heavy atom. The number of imidazole rings is 1. The number of aryl methyl sites for hydroxylation is 1. The first kappa shape index (κ1) is 12.2. The van der Waals surface area contributed by atoms with Crippen molar-refractivity contribution in [1.82, 2.24) is 14.6 Å². The summed E-state index contributed by atoms with van der Waals surface area (Å²) in [4.78, 5) is 8.59. The molecule has 2 aromatic heterocycles. The third kappa shape index (κ3) is 2.09. The Balaban J connectivity index is 2.40. The Bertz CT molecular complexity index is 532. The number of ether oxygens (including phenoxy) is 1. The summed E-state index contributed by atoms with van der Waals surface area (Å²) in [6.45, 7) is 2.07. The van der Waals surface area contributed by atoms with E-state index in [0.29, 0.717) is 17.4 Å². The summed E-state index contributed by atoms with van der Waals surface area (Å²) in [7, 11) is 1.57. The van der Waals surface area contributed by atoms with E-state index in [1.165, 1.54) is 4.68 Å². The molecule has 0 saturated heterocycles. The minimum absolute atomic E-state index is 0.449. The van der Waals surface area contributed by atoms with E-state index >= 15 is 0 Å². The van der Waals surface area contributed by atoms with Crippen LogP contribution in [0, 0.1) is 0 Å². The molecule has 96 valence electrons. The van der Waals surface area contributed by atoms with Crippen LogP contribution >= 0.6 is 0 Å². The van der Waals surface area contributed by atoms with Gasteiger partial charge in [-0.05, 0) is 12.5 Å². The van der Waals surface area contributed by atoms with Crippen molar-refractivity contribution < 1.29 is 4.74 Å². The van der Waals surface area contributed by atoms with Crippen LogP contribution in [0.3, 0.4) is 0 Å². The van der Waals surface area contributed by atoms with E-state index in [1.54, 1.807) is 19.4 Å². The zero-order valence-electron chi connectivity index (χ0n) is 10.6. The lowest BCUT2D eigenvalue weighted by Crippen LogP contribution is -2.15. The summed E-state index contributed by atoms with van der Waals surface area (Å²) in [5.41, 5.74) is 7.44. The van der Waals surface area contributed by atoms with Crippen LogP contribution in [-0.4, -0.2) is 21.8 Å². The molecular weight excluding hydrogens is 230 g/mol. The van der Waals surface area contributed by atoms with Gasteiger partial charge in [0.2, 0.25) is 5.88 Å². The molecule has 0 amide bonds. The van der Waals surface area contributed by atoms with Crippen LogP contribution in [0.1, 0.15) is 19.2 Å². The van der Waals surface area contributed by atoms with E-state index in [0.717, 1.165) is 24.2 Å². The van der Waals surface area contributed by atoms with Crippen molar-refractivity contribution in [2.45, 2.75) is 19.8 Å². The molecule has 0 fully saturated rings. The second-order valence-corrected chi connectivity index (χ2v) is 3.97. The second-order valence-electron chi connectivity index (χ2n) is 3.97. The first-order valence-corrected chi connectivity index (χ1v) is 5.80. The quantitative estimate of drug-likeness (QED) is 0.792. The van der Waals surface area contributed by atoms with Gasteiger partial charge in [0.25, 0.3) is 0 Å². The van der Waals surface area contributed by atoms with Crippen molar-refractivity contribution in [1.29, 1.82) is 0 Å². The number of methoxy groups -OCH3 is 1. The monoisotopic (exact) mass is 247 g/mol. The number of hydrogen-bond donors (Lipinski definition) is 2. The fraction of sp³-hybridized carbons (Fsp3) is 0.333. The second kappa shape index (κ2) is 4.95.